The average Bonchev–Trinajstić information content (AvgIpc) is 3.33. The lowest BCUT2D eigenvalue weighted by Crippen LogP contribution is -2.23. The van der Waals surface area contributed by atoms with E-state index in [0.29, 0.717) is 39.6 Å². The first-order valence-corrected chi connectivity index (χ1v) is 11.9. The Morgan fingerprint density at radius 1 is 0.944 bits per heavy atom. The number of benzene rings is 3. The zero-order valence-electron chi connectivity index (χ0n) is 19.0. The van der Waals surface area contributed by atoms with Crippen molar-refractivity contribution in [2.45, 2.75) is 13.5 Å². The minimum atomic E-state index is -0.753. The molecule has 0 radical (unpaired) electrons. The van der Waals surface area contributed by atoms with Crippen LogP contribution in [-0.2, 0) is 6.54 Å². The molecule has 4 nitrogen and oxygen atoms in total. The first-order valence-electron chi connectivity index (χ1n) is 11.1. The predicted molar refractivity (Wildman–Crippen MR) is 138 cm³/mol. The van der Waals surface area contributed by atoms with Crippen LogP contribution in [0.4, 0.5) is 8.78 Å². The molecule has 0 amide bonds. The first kappa shape index (κ1) is 24.1. The summed E-state index contributed by atoms with van der Waals surface area (Å²) in [5.41, 5.74) is 1.67. The fourth-order valence-electron chi connectivity index (χ4n) is 4.11. The third kappa shape index (κ3) is 4.50. The summed E-state index contributed by atoms with van der Waals surface area (Å²) in [5, 5.41) is 1.65. The molecule has 0 bridgehead atoms. The first-order chi connectivity index (χ1) is 17.4. The van der Waals surface area contributed by atoms with E-state index in [9.17, 15) is 13.6 Å². The Morgan fingerprint density at radius 2 is 1.78 bits per heavy atom. The number of furan rings is 1. The molecule has 3 aromatic carbocycles. The van der Waals surface area contributed by atoms with Gasteiger partial charge in [0.15, 0.2) is 5.76 Å². The maximum atomic E-state index is 14.5. The number of hydrogen-bond acceptors (Lipinski definition) is 3. The van der Waals surface area contributed by atoms with Gasteiger partial charge >= 0.3 is 0 Å². The summed E-state index contributed by atoms with van der Waals surface area (Å²) < 4.78 is 40.7. The Balaban J connectivity index is 1.65. The van der Waals surface area contributed by atoms with Crippen LogP contribution in [0.1, 0.15) is 12.5 Å². The lowest BCUT2D eigenvalue weighted by atomic mass is 10.1. The van der Waals surface area contributed by atoms with E-state index in [0.717, 1.165) is 23.3 Å². The third-order valence-electron chi connectivity index (χ3n) is 5.85. The van der Waals surface area contributed by atoms with E-state index in [2.05, 4.69) is 0 Å². The molecule has 0 aliphatic carbocycles. The lowest BCUT2D eigenvalue weighted by Gasteiger charge is -2.14. The van der Waals surface area contributed by atoms with Crippen molar-refractivity contribution in [2.24, 2.45) is 0 Å². The van der Waals surface area contributed by atoms with E-state index < -0.39 is 17.2 Å². The molecule has 0 unspecified atom stereocenters. The Morgan fingerprint density at radius 3 is 2.53 bits per heavy atom. The zero-order valence-corrected chi connectivity index (χ0v) is 20.5. The van der Waals surface area contributed by atoms with E-state index in [4.69, 9.17) is 32.4 Å². The van der Waals surface area contributed by atoms with Gasteiger partial charge in [-0.1, -0.05) is 47.5 Å². The smallest absolute Gasteiger partial charge is 0.260 e. The molecule has 0 fully saturated rings. The molecule has 5 aromatic rings. The fraction of sp³-hybridized carbons (Fsp3) is 0.107. The van der Waals surface area contributed by atoms with Gasteiger partial charge in [-0.15, -0.1) is 0 Å². The van der Waals surface area contributed by atoms with Crippen LogP contribution in [0.5, 0.6) is 5.75 Å². The van der Waals surface area contributed by atoms with Gasteiger partial charge in [0.2, 0.25) is 0 Å². The van der Waals surface area contributed by atoms with Crippen LogP contribution in [-0.4, -0.2) is 11.2 Å². The molecular weight excluding hydrogens is 507 g/mol. The van der Waals surface area contributed by atoms with Gasteiger partial charge in [0.25, 0.3) is 5.56 Å². The number of hydrogen-bond donors (Lipinski definition) is 0. The van der Waals surface area contributed by atoms with Crippen molar-refractivity contribution >= 4 is 34.0 Å². The van der Waals surface area contributed by atoms with Crippen LogP contribution in [0.15, 0.2) is 82.2 Å². The average molecular weight is 526 g/mol. The van der Waals surface area contributed by atoms with E-state index in [-0.39, 0.29) is 17.1 Å². The molecule has 0 atom stereocenters. The summed E-state index contributed by atoms with van der Waals surface area (Å²) in [6.45, 7) is 2.22. The molecule has 0 saturated heterocycles. The van der Waals surface area contributed by atoms with Crippen molar-refractivity contribution in [3.05, 3.63) is 111 Å². The minimum absolute atomic E-state index is 0.146. The molecular formula is C28H19Cl2F2NO3. The van der Waals surface area contributed by atoms with Gasteiger partial charge in [-0.25, -0.2) is 8.78 Å². The Hall–Kier alpha value is -3.61. The van der Waals surface area contributed by atoms with Crippen molar-refractivity contribution < 1.29 is 17.9 Å². The van der Waals surface area contributed by atoms with Crippen LogP contribution < -0.4 is 10.3 Å². The topological polar surface area (TPSA) is 44.4 Å². The molecule has 5 rings (SSSR count). The highest BCUT2D eigenvalue weighted by molar-refractivity contribution is 6.35. The third-order valence-corrected chi connectivity index (χ3v) is 6.46. The van der Waals surface area contributed by atoms with Crippen LogP contribution in [0.3, 0.4) is 0 Å². The van der Waals surface area contributed by atoms with Gasteiger partial charge in [0.05, 0.1) is 40.5 Å². The van der Waals surface area contributed by atoms with Gasteiger partial charge in [-0.2, -0.15) is 0 Å². The molecule has 0 aliphatic heterocycles. The standard InChI is InChI=1S/C28H19Cl2F2NO3/c1-2-35-25-9-7-16(10-22(25)30)19-12-26(36-15-19)24-11-17-4-3-5-21(29)27(17)28(34)33(24)14-18-6-8-20(31)13-23(18)32/h3-13,15H,2,14H2,1H3. The van der Waals surface area contributed by atoms with Crippen LogP contribution in [0.2, 0.25) is 10.0 Å². The maximum absolute atomic E-state index is 14.5. The number of rotatable bonds is 6. The van der Waals surface area contributed by atoms with Gasteiger partial charge in [-0.3, -0.25) is 4.79 Å². The summed E-state index contributed by atoms with van der Waals surface area (Å²) in [6, 6.07) is 17.3. The second-order valence-corrected chi connectivity index (χ2v) is 8.95. The molecule has 0 aliphatic rings. The number of fused-ring (bicyclic) bond motifs is 1. The van der Waals surface area contributed by atoms with E-state index in [1.807, 2.05) is 13.0 Å². The minimum Gasteiger partial charge on any atom is -0.492 e. The molecule has 182 valence electrons. The van der Waals surface area contributed by atoms with Gasteiger partial charge < -0.3 is 13.7 Å². The Kier molecular flexibility index (Phi) is 6.56. The van der Waals surface area contributed by atoms with E-state index in [1.165, 1.54) is 10.6 Å². The van der Waals surface area contributed by atoms with Crippen molar-refractivity contribution in [3.63, 3.8) is 0 Å². The second-order valence-electron chi connectivity index (χ2n) is 8.14. The predicted octanol–water partition coefficient (Wildman–Crippen LogP) is 7.96. The van der Waals surface area contributed by atoms with Gasteiger partial charge in [-0.05, 0) is 54.3 Å². The van der Waals surface area contributed by atoms with Crippen molar-refractivity contribution in [2.75, 3.05) is 6.61 Å². The number of aromatic nitrogens is 1. The SMILES string of the molecule is CCOc1ccc(-c2coc(-c3cc4cccc(Cl)c4c(=O)n3Cc3ccc(F)cc3F)c2)cc1Cl. The molecule has 0 spiro atoms. The zero-order chi connectivity index (χ0) is 25.4. The van der Waals surface area contributed by atoms with E-state index in [1.54, 1.807) is 48.7 Å². The highest BCUT2D eigenvalue weighted by Crippen LogP contribution is 2.34. The number of nitrogens with zero attached hydrogens (tertiary/aromatic N) is 1. The summed E-state index contributed by atoms with van der Waals surface area (Å²) in [6.07, 6.45) is 1.55. The monoisotopic (exact) mass is 525 g/mol. The molecule has 36 heavy (non-hydrogen) atoms. The van der Waals surface area contributed by atoms with Crippen molar-refractivity contribution in [1.29, 1.82) is 0 Å². The normalized spacial score (nSPS) is 11.2. The van der Waals surface area contributed by atoms with Crippen LogP contribution in [0, 0.1) is 11.6 Å². The summed E-state index contributed by atoms with van der Waals surface area (Å²) in [5.74, 6) is -0.490. The van der Waals surface area contributed by atoms with Gasteiger partial charge in [0.1, 0.15) is 17.4 Å². The Bertz CT molecular complexity index is 1660. The molecule has 0 N–H and O–H groups in total. The largest absolute Gasteiger partial charge is 0.492 e. The number of ether oxygens (including phenoxy) is 1. The van der Waals surface area contributed by atoms with Gasteiger partial charge in [0, 0.05) is 17.2 Å². The van der Waals surface area contributed by atoms with E-state index >= 15 is 0 Å². The summed E-state index contributed by atoms with van der Waals surface area (Å²) in [7, 11) is 0. The molecule has 2 aromatic heterocycles. The fourth-order valence-corrected chi connectivity index (χ4v) is 4.61. The quantitative estimate of drug-likeness (QED) is 0.226. The van der Waals surface area contributed by atoms with Crippen molar-refractivity contribution in [1.82, 2.24) is 4.57 Å². The second kappa shape index (κ2) is 9.80. The highest BCUT2D eigenvalue weighted by Gasteiger charge is 2.18. The summed E-state index contributed by atoms with van der Waals surface area (Å²) in [4.78, 5) is 13.6. The number of halogens is 4. The maximum Gasteiger partial charge on any atom is 0.260 e. The van der Waals surface area contributed by atoms with Crippen molar-refractivity contribution in [3.8, 4) is 28.3 Å². The molecule has 8 heteroatoms. The Labute approximate surface area is 215 Å². The van der Waals surface area contributed by atoms with Crippen LogP contribution in [0.25, 0.3) is 33.4 Å². The number of pyridine rings is 1. The van der Waals surface area contributed by atoms with Crippen LogP contribution >= 0.6 is 23.2 Å². The molecule has 0 saturated carbocycles. The molecule has 2 heterocycles. The summed E-state index contributed by atoms with van der Waals surface area (Å²) >= 11 is 12.7. The lowest BCUT2D eigenvalue weighted by molar-refractivity contribution is 0.340. The highest BCUT2D eigenvalue weighted by atomic mass is 35.5.